The van der Waals surface area contributed by atoms with E-state index in [1.807, 2.05) is 13.2 Å². The number of nitrogens with zero attached hydrogens (tertiary/aromatic N) is 3. The summed E-state index contributed by atoms with van der Waals surface area (Å²) >= 11 is 0. The molecule has 0 fully saturated rings. The fourth-order valence-electron chi connectivity index (χ4n) is 2.51. The number of hydrogen-bond acceptors (Lipinski definition) is 4. The van der Waals surface area contributed by atoms with E-state index in [0.29, 0.717) is 6.04 Å². The molecule has 1 rings (SSSR count). The number of pyridine rings is 1. The predicted octanol–water partition coefficient (Wildman–Crippen LogP) is 1.89. The molecule has 1 unspecified atom stereocenters. The first-order chi connectivity index (χ1) is 8.99. The van der Waals surface area contributed by atoms with E-state index < -0.39 is 0 Å². The Balaban J connectivity index is 3.04. The average molecular weight is 264 g/mol. The Hall–Kier alpha value is -1.13. The minimum Gasteiger partial charge on any atom is -0.367 e. The van der Waals surface area contributed by atoms with Crippen molar-refractivity contribution in [3.63, 3.8) is 0 Å². The van der Waals surface area contributed by atoms with Crippen LogP contribution < -0.4 is 10.2 Å². The SMILES string of the molecule is CCN(c1cc(C)ncc1CNC)C(C)CN(C)C. The van der Waals surface area contributed by atoms with Crippen molar-refractivity contribution in [1.29, 1.82) is 0 Å². The first-order valence-corrected chi connectivity index (χ1v) is 7.01. The molecular formula is C15H28N4. The average Bonchev–Trinajstić information content (AvgIpc) is 2.32. The number of aryl methyl sites for hydroxylation is 1. The minimum absolute atomic E-state index is 0.484. The Morgan fingerprint density at radius 1 is 1.37 bits per heavy atom. The summed E-state index contributed by atoms with van der Waals surface area (Å²) in [6, 6.07) is 2.68. The van der Waals surface area contributed by atoms with Crippen molar-refractivity contribution < 1.29 is 0 Å². The lowest BCUT2D eigenvalue weighted by molar-refractivity contribution is 0.372. The largest absolute Gasteiger partial charge is 0.367 e. The summed E-state index contributed by atoms with van der Waals surface area (Å²) in [4.78, 5) is 9.11. The Kier molecular flexibility index (Phi) is 6.25. The quantitative estimate of drug-likeness (QED) is 0.815. The smallest absolute Gasteiger partial charge is 0.0448 e. The fourth-order valence-corrected chi connectivity index (χ4v) is 2.51. The lowest BCUT2D eigenvalue weighted by Gasteiger charge is -2.33. The molecule has 1 N–H and O–H groups in total. The van der Waals surface area contributed by atoms with Crippen LogP contribution >= 0.6 is 0 Å². The van der Waals surface area contributed by atoms with Gasteiger partial charge in [0, 0.05) is 48.8 Å². The van der Waals surface area contributed by atoms with Crippen molar-refractivity contribution in [2.75, 3.05) is 39.1 Å². The fraction of sp³-hybridized carbons (Fsp3) is 0.667. The molecule has 4 heteroatoms. The molecule has 0 aromatic carbocycles. The van der Waals surface area contributed by atoms with E-state index in [4.69, 9.17) is 0 Å². The molecule has 0 saturated heterocycles. The van der Waals surface area contributed by atoms with Gasteiger partial charge in [0.1, 0.15) is 0 Å². The second kappa shape index (κ2) is 7.46. The lowest BCUT2D eigenvalue weighted by Crippen LogP contribution is -2.40. The molecule has 0 spiro atoms. The standard InChI is InChI=1S/C15H28N4/c1-7-19(13(3)11-18(5)6)15-8-12(2)17-10-14(15)9-16-4/h8,10,13,16H,7,9,11H2,1-6H3. The third-order valence-corrected chi connectivity index (χ3v) is 3.28. The van der Waals surface area contributed by atoms with Gasteiger partial charge in [-0.3, -0.25) is 4.98 Å². The maximum atomic E-state index is 4.42. The summed E-state index contributed by atoms with van der Waals surface area (Å²) in [5, 5.41) is 3.23. The van der Waals surface area contributed by atoms with Gasteiger partial charge in [-0.2, -0.15) is 0 Å². The van der Waals surface area contributed by atoms with Gasteiger partial charge in [0.15, 0.2) is 0 Å². The summed E-state index contributed by atoms with van der Waals surface area (Å²) in [5.41, 5.74) is 3.64. The van der Waals surface area contributed by atoms with Crippen molar-refractivity contribution in [1.82, 2.24) is 15.2 Å². The Morgan fingerprint density at radius 3 is 2.58 bits per heavy atom. The summed E-state index contributed by atoms with van der Waals surface area (Å²) in [5.74, 6) is 0. The van der Waals surface area contributed by atoms with Crippen LogP contribution in [0.25, 0.3) is 0 Å². The highest BCUT2D eigenvalue weighted by atomic mass is 15.2. The number of anilines is 1. The van der Waals surface area contributed by atoms with Gasteiger partial charge in [0.25, 0.3) is 0 Å². The zero-order valence-electron chi connectivity index (χ0n) is 13.2. The molecule has 1 aromatic heterocycles. The molecule has 1 heterocycles. The summed E-state index contributed by atoms with van der Waals surface area (Å²) in [6.45, 7) is 9.46. The number of likely N-dealkylation sites (N-methyl/N-ethyl adjacent to an activating group) is 2. The van der Waals surface area contributed by atoms with E-state index >= 15 is 0 Å². The highest BCUT2D eigenvalue weighted by molar-refractivity contribution is 5.54. The molecule has 0 bridgehead atoms. The normalized spacial score (nSPS) is 12.8. The van der Waals surface area contributed by atoms with E-state index in [1.165, 1.54) is 11.3 Å². The van der Waals surface area contributed by atoms with Gasteiger partial charge in [0.2, 0.25) is 0 Å². The van der Waals surface area contributed by atoms with Crippen molar-refractivity contribution >= 4 is 5.69 Å². The van der Waals surface area contributed by atoms with Crippen LogP contribution in [0.1, 0.15) is 25.1 Å². The number of aromatic nitrogens is 1. The van der Waals surface area contributed by atoms with E-state index in [-0.39, 0.29) is 0 Å². The second-order valence-electron chi connectivity index (χ2n) is 5.38. The molecule has 0 aliphatic heterocycles. The molecule has 19 heavy (non-hydrogen) atoms. The molecule has 0 amide bonds. The first kappa shape index (κ1) is 15.9. The van der Waals surface area contributed by atoms with Gasteiger partial charge in [0.05, 0.1) is 0 Å². The molecule has 0 aliphatic rings. The molecule has 0 radical (unpaired) electrons. The van der Waals surface area contributed by atoms with E-state index in [9.17, 15) is 0 Å². The van der Waals surface area contributed by atoms with Crippen LogP contribution in [0.3, 0.4) is 0 Å². The van der Waals surface area contributed by atoms with Crippen molar-refractivity contribution in [2.45, 2.75) is 33.4 Å². The zero-order valence-corrected chi connectivity index (χ0v) is 13.2. The topological polar surface area (TPSA) is 31.4 Å². The third-order valence-electron chi connectivity index (χ3n) is 3.28. The van der Waals surface area contributed by atoms with Crippen LogP contribution in [0, 0.1) is 6.92 Å². The Morgan fingerprint density at radius 2 is 2.05 bits per heavy atom. The molecule has 4 nitrogen and oxygen atoms in total. The summed E-state index contributed by atoms with van der Waals surface area (Å²) < 4.78 is 0. The third kappa shape index (κ3) is 4.48. The van der Waals surface area contributed by atoms with E-state index in [2.05, 4.69) is 61.0 Å². The second-order valence-corrected chi connectivity index (χ2v) is 5.38. The predicted molar refractivity (Wildman–Crippen MR) is 82.8 cm³/mol. The van der Waals surface area contributed by atoms with Crippen LogP contribution in [0.4, 0.5) is 5.69 Å². The highest BCUT2D eigenvalue weighted by Gasteiger charge is 2.17. The van der Waals surface area contributed by atoms with E-state index in [1.54, 1.807) is 0 Å². The van der Waals surface area contributed by atoms with Crippen LogP contribution in [0.15, 0.2) is 12.3 Å². The lowest BCUT2D eigenvalue weighted by atomic mass is 10.1. The maximum absolute atomic E-state index is 4.42. The molecule has 0 saturated carbocycles. The van der Waals surface area contributed by atoms with Crippen molar-refractivity contribution in [3.05, 3.63) is 23.5 Å². The zero-order chi connectivity index (χ0) is 14.4. The van der Waals surface area contributed by atoms with Crippen molar-refractivity contribution in [3.8, 4) is 0 Å². The highest BCUT2D eigenvalue weighted by Crippen LogP contribution is 2.23. The van der Waals surface area contributed by atoms with Crippen molar-refractivity contribution in [2.24, 2.45) is 0 Å². The first-order valence-electron chi connectivity index (χ1n) is 7.01. The minimum atomic E-state index is 0.484. The number of rotatable bonds is 7. The van der Waals surface area contributed by atoms with Gasteiger partial charge in [-0.25, -0.2) is 0 Å². The van der Waals surface area contributed by atoms with Gasteiger partial charge < -0.3 is 15.1 Å². The molecule has 0 aliphatic carbocycles. The maximum Gasteiger partial charge on any atom is 0.0448 e. The van der Waals surface area contributed by atoms with Crippen LogP contribution in [-0.4, -0.2) is 50.2 Å². The molecule has 108 valence electrons. The van der Waals surface area contributed by atoms with Gasteiger partial charge in [-0.05, 0) is 48.0 Å². The van der Waals surface area contributed by atoms with Gasteiger partial charge >= 0.3 is 0 Å². The molecule has 1 atom stereocenters. The van der Waals surface area contributed by atoms with Crippen LogP contribution in [0.5, 0.6) is 0 Å². The molecular weight excluding hydrogens is 236 g/mol. The Labute approximate surface area is 117 Å². The molecule has 1 aromatic rings. The monoisotopic (exact) mass is 264 g/mol. The van der Waals surface area contributed by atoms with Crippen LogP contribution in [0.2, 0.25) is 0 Å². The number of hydrogen-bond donors (Lipinski definition) is 1. The summed E-state index contributed by atoms with van der Waals surface area (Å²) in [7, 11) is 6.22. The van der Waals surface area contributed by atoms with Gasteiger partial charge in [-0.15, -0.1) is 0 Å². The Bertz CT molecular complexity index is 390. The van der Waals surface area contributed by atoms with Gasteiger partial charge in [-0.1, -0.05) is 0 Å². The van der Waals surface area contributed by atoms with Crippen LogP contribution in [-0.2, 0) is 6.54 Å². The van der Waals surface area contributed by atoms with E-state index in [0.717, 1.165) is 25.3 Å². The number of nitrogens with one attached hydrogen (secondary N) is 1. The summed E-state index contributed by atoms with van der Waals surface area (Å²) in [6.07, 6.45) is 1.99.